The molecule has 0 spiro atoms. The first-order valence-corrected chi connectivity index (χ1v) is 6.58. The van der Waals surface area contributed by atoms with Crippen molar-refractivity contribution in [1.29, 1.82) is 0 Å². The number of nitrogens with one attached hydrogen (secondary N) is 1. The van der Waals surface area contributed by atoms with E-state index < -0.39 is 0 Å². The lowest BCUT2D eigenvalue weighted by Gasteiger charge is -2.05. The topological polar surface area (TPSA) is 12.0 Å². The van der Waals surface area contributed by atoms with Crippen LogP contribution in [-0.2, 0) is 13.0 Å². The zero-order valence-corrected chi connectivity index (χ0v) is 10.9. The fourth-order valence-corrected chi connectivity index (χ4v) is 2.50. The average Bonchev–Trinajstić information content (AvgIpc) is 2.79. The highest BCUT2D eigenvalue weighted by molar-refractivity contribution is 7.12. The van der Waals surface area contributed by atoms with Crippen molar-refractivity contribution in [2.75, 3.05) is 5.32 Å². The molecular weight excluding hydrogens is 233 g/mol. The Morgan fingerprint density at radius 1 is 1.18 bits per heavy atom. The van der Waals surface area contributed by atoms with Gasteiger partial charge in [-0.1, -0.05) is 13.0 Å². The molecule has 0 atom stereocenters. The third-order valence-electron chi connectivity index (χ3n) is 2.70. The van der Waals surface area contributed by atoms with Gasteiger partial charge in [0.2, 0.25) is 0 Å². The lowest BCUT2D eigenvalue weighted by molar-refractivity contribution is 0.619. The molecule has 0 aliphatic heterocycles. The van der Waals surface area contributed by atoms with Crippen molar-refractivity contribution in [2.45, 2.75) is 26.8 Å². The second-order valence-electron chi connectivity index (χ2n) is 4.04. The summed E-state index contributed by atoms with van der Waals surface area (Å²) in [6.45, 7) is 4.68. The number of halogens is 1. The van der Waals surface area contributed by atoms with Gasteiger partial charge in [-0.05, 0) is 43.2 Å². The van der Waals surface area contributed by atoms with Gasteiger partial charge in [0, 0.05) is 22.0 Å². The van der Waals surface area contributed by atoms with Gasteiger partial charge in [-0.2, -0.15) is 0 Å². The zero-order valence-electron chi connectivity index (χ0n) is 10.1. The molecule has 1 N–H and O–H groups in total. The van der Waals surface area contributed by atoms with Crippen LogP contribution in [0.3, 0.4) is 0 Å². The summed E-state index contributed by atoms with van der Waals surface area (Å²) in [6, 6.07) is 9.53. The molecule has 0 unspecified atom stereocenters. The van der Waals surface area contributed by atoms with Gasteiger partial charge in [-0.25, -0.2) is 4.39 Å². The van der Waals surface area contributed by atoms with E-state index in [0.29, 0.717) is 5.56 Å². The quantitative estimate of drug-likeness (QED) is 0.848. The van der Waals surface area contributed by atoms with Crippen LogP contribution in [0.5, 0.6) is 0 Å². The van der Waals surface area contributed by atoms with Crippen molar-refractivity contribution in [1.82, 2.24) is 0 Å². The summed E-state index contributed by atoms with van der Waals surface area (Å²) in [6.07, 6.45) is 1.07. The van der Waals surface area contributed by atoms with Crippen molar-refractivity contribution in [3.05, 3.63) is 51.5 Å². The molecule has 0 radical (unpaired) electrons. The molecule has 1 heterocycles. The van der Waals surface area contributed by atoms with Crippen molar-refractivity contribution in [2.24, 2.45) is 0 Å². The van der Waals surface area contributed by atoms with Crippen molar-refractivity contribution in [3.8, 4) is 0 Å². The van der Waals surface area contributed by atoms with Gasteiger partial charge in [0.1, 0.15) is 5.82 Å². The summed E-state index contributed by atoms with van der Waals surface area (Å²) >= 11 is 1.80. The molecule has 17 heavy (non-hydrogen) atoms. The van der Waals surface area contributed by atoms with Crippen LogP contribution in [0.15, 0.2) is 30.3 Å². The predicted molar refractivity (Wildman–Crippen MR) is 72.2 cm³/mol. The smallest absolute Gasteiger partial charge is 0.128 e. The van der Waals surface area contributed by atoms with E-state index in [9.17, 15) is 4.39 Å². The Bertz CT molecular complexity index is 505. The largest absolute Gasteiger partial charge is 0.380 e. The molecule has 0 fully saturated rings. The summed E-state index contributed by atoms with van der Waals surface area (Å²) in [5, 5.41) is 3.24. The van der Waals surface area contributed by atoms with E-state index in [-0.39, 0.29) is 5.82 Å². The molecular formula is C14H16FNS. The number of anilines is 1. The number of benzene rings is 1. The molecule has 0 saturated carbocycles. The Morgan fingerprint density at radius 3 is 2.59 bits per heavy atom. The molecule has 1 aromatic heterocycles. The van der Waals surface area contributed by atoms with Crippen molar-refractivity contribution < 1.29 is 4.39 Å². The molecule has 1 aromatic carbocycles. The van der Waals surface area contributed by atoms with Crippen LogP contribution in [0.1, 0.15) is 22.2 Å². The third kappa shape index (κ3) is 3.07. The van der Waals surface area contributed by atoms with E-state index in [1.165, 1.54) is 9.75 Å². The molecule has 0 bridgehead atoms. The van der Waals surface area contributed by atoms with Gasteiger partial charge in [-0.3, -0.25) is 0 Å². The highest BCUT2D eigenvalue weighted by atomic mass is 32.1. The van der Waals surface area contributed by atoms with Crippen LogP contribution in [-0.4, -0.2) is 0 Å². The van der Waals surface area contributed by atoms with E-state index >= 15 is 0 Å². The first-order chi connectivity index (χ1) is 8.19. The van der Waals surface area contributed by atoms with Crippen LogP contribution < -0.4 is 5.32 Å². The summed E-state index contributed by atoms with van der Waals surface area (Å²) < 4.78 is 13.3. The Labute approximate surface area is 105 Å². The number of thiophene rings is 1. The Balaban J connectivity index is 1.99. The van der Waals surface area contributed by atoms with E-state index in [2.05, 4.69) is 24.4 Å². The summed E-state index contributed by atoms with van der Waals surface area (Å²) in [5.41, 5.74) is 1.51. The molecule has 0 amide bonds. The second kappa shape index (κ2) is 5.32. The number of aryl methyl sites for hydroxylation is 2. The van der Waals surface area contributed by atoms with E-state index in [4.69, 9.17) is 0 Å². The van der Waals surface area contributed by atoms with Gasteiger partial charge >= 0.3 is 0 Å². The maximum atomic E-state index is 13.3. The van der Waals surface area contributed by atoms with Gasteiger partial charge in [0.25, 0.3) is 0 Å². The van der Waals surface area contributed by atoms with E-state index in [1.807, 2.05) is 6.07 Å². The van der Waals surface area contributed by atoms with Crippen LogP contribution in [0.25, 0.3) is 0 Å². The molecule has 1 nitrogen and oxygen atoms in total. The van der Waals surface area contributed by atoms with Gasteiger partial charge in [-0.15, -0.1) is 11.3 Å². The molecule has 2 aromatic rings. The molecule has 2 rings (SSSR count). The number of hydrogen-bond acceptors (Lipinski definition) is 2. The number of hydrogen-bond donors (Lipinski definition) is 1. The second-order valence-corrected chi connectivity index (χ2v) is 5.29. The lowest BCUT2D eigenvalue weighted by atomic mass is 10.2. The molecule has 90 valence electrons. The number of rotatable bonds is 4. The maximum Gasteiger partial charge on any atom is 0.128 e. The first kappa shape index (κ1) is 12.1. The van der Waals surface area contributed by atoms with Crippen LogP contribution >= 0.6 is 11.3 Å². The van der Waals surface area contributed by atoms with Gasteiger partial charge in [0.15, 0.2) is 0 Å². The van der Waals surface area contributed by atoms with E-state index in [1.54, 1.807) is 30.4 Å². The fourth-order valence-electron chi connectivity index (χ4n) is 1.60. The fraction of sp³-hybridized carbons (Fsp3) is 0.286. The van der Waals surface area contributed by atoms with Gasteiger partial charge < -0.3 is 5.32 Å². The zero-order chi connectivity index (χ0) is 12.3. The SMILES string of the molecule is CCc1ccc(CNc2ccc(C)c(F)c2)s1. The molecule has 0 aliphatic carbocycles. The standard InChI is InChI=1S/C14H16FNS/c1-3-12-6-7-13(17-12)9-16-11-5-4-10(2)14(15)8-11/h4-8,16H,3,9H2,1-2H3. The average molecular weight is 249 g/mol. The highest BCUT2D eigenvalue weighted by Gasteiger charge is 2.01. The van der Waals surface area contributed by atoms with Crippen LogP contribution in [0.2, 0.25) is 0 Å². The molecule has 3 heteroatoms. The normalized spacial score (nSPS) is 10.5. The predicted octanol–water partition coefficient (Wildman–Crippen LogP) is 4.37. The Hall–Kier alpha value is -1.35. The Kier molecular flexibility index (Phi) is 3.79. The van der Waals surface area contributed by atoms with E-state index in [0.717, 1.165) is 18.7 Å². The monoisotopic (exact) mass is 249 g/mol. The van der Waals surface area contributed by atoms with Crippen molar-refractivity contribution >= 4 is 17.0 Å². The lowest BCUT2D eigenvalue weighted by Crippen LogP contribution is -1.98. The Morgan fingerprint density at radius 2 is 1.94 bits per heavy atom. The van der Waals surface area contributed by atoms with Crippen LogP contribution in [0.4, 0.5) is 10.1 Å². The van der Waals surface area contributed by atoms with Crippen LogP contribution in [0, 0.1) is 12.7 Å². The highest BCUT2D eigenvalue weighted by Crippen LogP contribution is 2.19. The maximum absolute atomic E-state index is 13.3. The molecule has 0 aliphatic rings. The minimum absolute atomic E-state index is 0.157. The summed E-state index contributed by atoms with van der Waals surface area (Å²) in [7, 11) is 0. The van der Waals surface area contributed by atoms with Crippen molar-refractivity contribution in [3.63, 3.8) is 0 Å². The summed E-state index contributed by atoms with van der Waals surface area (Å²) in [4.78, 5) is 2.67. The summed E-state index contributed by atoms with van der Waals surface area (Å²) in [5.74, 6) is -0.157. The van der Waals surface area contributed by atoms with Gasteiger partial charge in [0.05, 0.1) is 0 Å². The first-order valence-electron chi connectivity index (χ1n) is 5.76. The molecule has 0 saturated heterocycles. The minimum Gasteiger partial charge on any atom is -0.380 e. The third-order valence-corrected chi connectivity index (χ3v) is 3.93. The minimum atomic E-state index is -0.157.